The minimum atomic E-state index is -0.141. The van der Waals surface area contributed by atoms with E-state index in [9.17, 15) is 4.79 Å². The second kappa shape index (κ2) is 7.22. The van der Waals surface area contributed by atoms with Crippen LogP contribution in [0.5, 0.6) is 0 Å². The van der Waals surface area contributed by atoms with Gasteiger partial charge in [0.25, 0.3) is 5.91 Å². The largest absolute Gasteiger partial charge is 0.383 e. The van der Waals surface area contributed by atoms with Gasteiger partial charge in [0.2, 0.25) is 0 Å². The van der Waals surface area contributed by atoms with Gasteiger partial charge in [-0.1, -0.05) is 22.9 Å². The topological polar surface area (TPSA) is 54.0 Å². The number of pyridine rings is 1. The van der Waals surface area contributed by atoms with E-state index in [1.807, 2.05) is 25.1 Å². The number of aromatic nitrogens is 1. The molecule has 2 aromatic rings. The maximum Gasteiger partial charge on any atom is 0.257 e. The molecule has 0 aliphatic carbocycles. The van der Waals surface area contributed by atoms with Crippen molar-refractivity contribution in [3.63, 3.8) is 0 Å². The molecule has 0 atom stereocenters. The highest BCUT2D eigenvalue weighted by Crippen LogP contribution is 2.21. The Labute approximate surface area is 133 Å². The number of hydrogen-bond acceptors (Lipinski definition) is 3. The maximum atomic E-state index is 12.4. The van der Waals surface area contributed by atoms with Crippen LogP contribution < -0.4 is 10.6 Å². The Kier molecular flexibility index (Phi) is 5.33. The molecular weight excluding hydrogens is 330 g/mol. The van der Waals surface area contributed by atoms with Crippen molar-refractivity contribution in [2.45, 2.75) is 20.3 Å². The van der Waals surface area contributed by atoms with Crippen molar-refractivity contribution in [2.75, 3.05) is 17.2 Å². The number of hydrogen-bond donors (Lipinski definition) is 2. The van der Waals surface area contributed by atoms with Gasteiger partial charge in [-0.25, -0.2) is 0 Å². The predicted octanol–water partition coefficient (Wildman–Crippen LogP) is 4.23. The molecule has 0 radical (unpaired) electrons. The van der Waals surface area contributed by atoms with Gasteiger partial charge in [0, 0.05) is 22.9 Å². The summed E-state index contributed by atoms with van der Waals surface area (Å²) in [6.45, 7) is 4.87. The van der Waals surface area contributed by atoms with Crippen LogP contribution in [0.1, 0.15) is 29.3 Å². The summed E-state index contributed by atoms with van der Waals surface area (Å²) in [7, 11) is 0. The van der Waals surface area contributed by atoms with Crippen molar-refractivity contribution >= 4 is 33.2 Å². The van der Waals surface area contributed by atoms with Crippen molar-refractivity contribution < 1.29 is 4.79 Å². The van der Waals surface area contributed by atoms with E-state index in [4.69, 9.17) is 0 Å². The van der Waals surface area contributed by atoms with Gasteiger partial charge in [-0.2, -0.15) is 0 Å². The number of rotatable bonds is 5. The maximum absolute atomic E-state index is 12.4. The predicted molar refractivity (Wildman–Crippen MR) is 89.8 cm³/mol. The number of aryl methyl sites for hydroxylation is 1. The fourth-order valence-corrected chi connectivity index (χ4v) is 2.16. The summed E-state index contributed by atoms with van der Waals surface area (Å²) >= 11 is 3.45. The molecule has 0 saturated carbocycles. The Balaban J connectivity index is 2.18. The number of benzene rings is 1. The number of anilines is 2. The quantitative estimate of drug-likeness (QED) is 0.850. The van der Waals surface area contributed by atoms with Gasteiger partial charge in [0.1, 0.15) is 0 Å². The summed E-state index contributed by atoms with van der Waals surface area (Å²) in [5.41, 5.74) is 3.20. The van der Waals surface area contributed by atoms with Crippen molar-refractivity contribution in [3.8, 4) is 0 Å². The first-order valence-electron chi connectivity index (χ1n) is 6.87. The number of nitrogens with one attached hydrogen (secondary N) is 2. The van der Waals surface area contributed by atoms with Crippen LogP contribution in [-0.4, -0.2) is 17.4 Å². The Bertz CT molecular complexity index is 643. The van der Waals surface area contributed by atoms with Crippen LogP contribution in [0.15, 0.2) is 41.1 Å². The third kappa shape index (κ3) is 4.04. The lowest BCUT2D eigenvalue weighted by atomic mass is 10.2. The summed E-state index contributed by atoms with van der Waals surface area (Å²) in [6, 6.07) is 7.45. The average molecular weight is 348 g/mol. The van der Waals surface area contributed by atoms with Gasteiger partial charge in [0.15, 0.2) is 0 Å². The minimum absolute atomic E-state index is 0.141. The highest BCUT2D eigenvalue weighted by molar-refractivity contribution is 9.10. The average Bonchev–Trinajstić information content (AvgIpc) is 2.49. The number of amides is 1. The molecular formula is C16H18BrN3O. The van der Waals surface area contributed by atoms with Crippen LogP contribution in [0, 0.1) is 6.92 Å². The highest BCUT2D eigenvalue weighted by Gasteiger charge is 2.11. The van der Waals surface area contributed by atoms with Crippen molar-refractivity contribution in [1.82, 2.24) is 4.98 Å². The van der Waals surface area contributed by atoms with E-state index in [2.05, 4.69) is 38.5 Å². The molecule has 4 nitrogen and oxygen atoms in total. The summed E-state index contributed by atoms with van der Waals surface area (Å²) in [6.07, 6.45) is 4.29. The summed E-state index contributed by atoms with van der Waals surface area (Å²) in [5, 5.41) is 6.13. The number of nitrogens with zero attached hydrogens (tertiary/aromatic N) is 1. The van der Waals surface area contributed by atoms with Crippen molar-refractivity contribution in [2.24, 2.45) is 0 Å². The molecule has 0 bridgehead atoms. The van der Waals surface area contributed by atoms with Gasteiger partial charge < -0.3 is 10.6 Å². The first-order chi connectivity index (χ1) is 10.1. The molecule has 110 valence electrons. The minimum Gasteiger partial charge on any atom is -0.383 e. The van der Waals surface area contributed by atoms with Crippen LogP contribution in [0.4, 0.5) is 11.4 Å². The molecule has 2 rings (SSSR count). The first-order valence-corrected chi connectivity index (χ1v) is 7.66. The molecule has 2 N–H and O–H groups in total. The molecule has 0 saturated heterocycles. The molecule has 1 aromatic carbocycles. The van der Waals surface area contributed by atoms with Crippen LogP contribution in [-0.2, 0) is 0 Å². The third-order valence-corrected chi connectivity index (χ3v) is 3.94. The SMILES string of the molecule is CCCNc1cnccc1C(=O)Nc1ccc(Br)c(C)c1. The Morgan fingerprint density at radius 1 is 1.33 bits per heavy atom. The van der Waals surface area contributed by atoms with E-state index in [1.165, 1.54) is 0 Å². The van der Waals surface area contributed by atoms with E-state index >= 15 is 0 Å². The van der Waals surface area contributed by atoms with Crippen LogP contribution >= 0.6 is 15.9 Å². The summed E-state index contributed by atoms with van der Waals surface area (Å²) in [4.78, 5) is 16.5. The van der Waals surface area contributed by atoms with E-state index in [0.717, 1.165) is 34.4 Å². The Morgan fingerprint density at radius 2 is 2.14 bits per heavy atom. The zero-order valence-corrected chi connectivity index (χ0v) is 13.7. The molecule has 1 aromatic heterocycles. The van der Waals surface area contributed by atoms with Gasteiger partial charge in [-0.3, -0.25) is 9.78 Å². The molecule has 0 unspecified atom stereocenters. The van der Waals surface area contributed by atoms with E-state index in [-0.39, 0.29) is 5.91 Å². The first kappa shape index (κ1) is 15.5. The molecule has 1 heterocycles. The lowest BCUT2D eigenvalue weighted by Crippen LogP contribution is -2.15. The fraction of sp³-hybridized carbons (Fsp3) is 0.250. The molecule has 1 amide bonds. The van der Waals surface area contributed by atoms with Gasteiger partial charge in [0.05, 0.1) is 17.4 Å². The van der Waals surface area contributed by atoms with Gasteiger partial charge in [-0.15, -0.1) is 0 Å². The number of halogens is 1. The summed E-state index contributed by atoms with van der Waals surface area (Å²) < 4.78 is 1.02. The molecule has 0 spiro atoms. The van der Waals surface area contributed by atoms with Crippen LogP contribution in [0.2, 0.25) is 0 Å². The number of carbonyl (C=O) groups is 1. The standard InChI is InChI=1S/C16H18BrN3O/c1-3-7-19-15-10-18-8-6-13(15)16(21)20-12-4-5-14(17)11(2)9-12/h4-6,8-10,19H,3,7H2,1-2H3,(H,20,21). The lowest BCUT2D eigenvalue weighted by molar-refractivity contribution is 0.102. The van der Waals surface area contributed by atoms with Crippen LogP contribution in [0.25, 0.3) is 0 Å². The van der Waals surface area contributed by atoms with E-state index < -0.39 is 0 Å². The van der Waals surface area contributed by atoms with Crippen molar-refractivity contribution in [1.29, 1.82) is 0 Å². The zero-order valence-electron chi connectivity index (χ0n) is 12.1. The van der Waals surface area contributed by atoms with Crippen LogP contribution in [0.3, 0.4) is 0 Å². The second-order valence-electron chi connectivity index (χ2n) is 4.77. The van der Waals surface area contributed by atoms with E-state index in [0.29, 0.717) is 5.56 Å². The fourth-order valence-electron chi connectivity index (χ4n) is 1.91. The summed E-state index contributed by atoms with van der Waals surface area (Å²) in [5.74, 6) is -0.141. The molecule has 21 heavy (non-hydrogen) atoms. The Morgan fingerprint density at radius 3 is 2.86 bits per heavy atom. The van der Waals surface area contributed by atoms with Gasteiger partial charge >= 0.3 is 0 Å². The van der Waals surface area contributed by atoms with E-state index in [1.54, 1.807) is 18.5 Å². The second-order valence-corrected chi connectivity index (χ2v) is 5.62. The lowest BCUT2D eigenvalue weighted by Gasteiger charge is -2.11. The molecule has 0 aliphatic rings. The zero-order chi connectivity index (χ0) is 15.2. The Hall–Kier alpha value is -1.88. The monoisotopic (exact) mass is 347 g/mol. The van der Waals surface area contributed by atoms with Crippen molar-refractivity contribution in [3.05, 3.63) is 52.3 Å². The number of carbonyl (C=O) groups excluding carboxylic acids is 1. The molecule has 5 heteroatoms. The molecule has 0 fully saturated rings. The highest BCUT2D eigenvalue weighted by atomic mass is 79.9. The van der Waals surface area contributed by atoms with Gasteiger partial charge in [-0.05, 0) is 43.2 Å². The smallest absolute Gasteiger partial charge is 0.257 e. The normalized spacial score (nSPS) is 10.2. The molecule has 0 aliphatic heterocycles. The third-order valence-electron chi connectivity index (χ3n) is 3.05.